The molecule has 0 fully saturated rings. The number of aliphatic hydroxyl groups is 1. The van der Waals surface area contributed by atoms with E-state index in [9.17, 15) is 5.11 Å². The molecule has 0 aliphatic rings. The molecule has 96 valence electrons. The van der Waals surface area contributed by atoms with Crippen molar-refractivity contribution >= 4 is 0 Å². The molecule has 0 aliphatic carbocycles. The molecule has 1 heterocycles. The maximum Gasteiger partial charge on any atom is 0.158 e. The molecule has 0 unspecified atom stereocenters. The van der Waals surface area contributed by atoms with E-state index in [-0.39, 0.29) is 6.10 Å². The summed E-state index contributed by atoms with van der Waals surface area (Å²) in [5.41, 5.74) is 1.84. The summed E-state index contributed by atoms with van der Waals surface area (Å²) < 4.78 is 7.31. The molecule has 2 aromatic rings. The van der Waals surface area contributed by atoms with Crippen molar-refractivity contribution in [3.63, 3.8) is 0 Å². The van der Waals surface area contributed by atoms with Crippen molar-refractivity contribution in [2.45, 2.75) is 33.0 Å². The van der Waals surface area contributed by atoms with Gasteiger partial charge in [0, 0.05) is 0 Å². The van der Waals surface area contributed by atoms with E-state index < -0.39 is 6.10 Å². The molecule has 1 aromatic carbocycles. The molecule has 18 heavy (non-hydrogen) atoms. The van der Waals surface area contributed by atoms with Crippen molar-refractivity contribution in [3.8, 4) is 11.4 Å². The minimum atomic E-state index is -0.448. The number of hydrogen-bond acceptors (Lipinski definition) is 3. The number of ether oxygens (including phenoxy) is 1. The van der Waals surface area contributed by atoms with Gasteiger partial charge >= 0.3 is 0 Å². The number of benzene rings is 1. The highest BCUT2D eigenvalue weighted by Crippen LogP contribution is 2.17. The fourth-order valence-corrected chi connectivity index (χ4v) is 1.69. The zero-order chi connectivity index (χ0) is 13.1. The lowest BCUT2D eigenvalue weighted by atomic mass is 10.1. The van der Waals surface area contributed by atoms with Crippen LogP contribution in [0.25, 0.3) is 5.69 Å². The Labute approximate surface area is 107 Å². The zero-order valence-corrected chi connectivity index (χ0v) is 10.9. The average Bonchev–Trinajstić information content (AvgIpc) is 2.76. The van der Waals surface area contributed by atoms with E-state index in [2.05, 4.69) is 5.10 Å². The number of aliphatic hydroxyl groups excluding tert-OH is 1. The Balaban J connectivity index is 2.18. The maximum absolute atomic E-state index is 9.45. The molecule has 0 amide bonds. The Hall–Kier alpha value is -1.81. The molecule has 1 aromatic heterocycles. The van der Waals surface area contributed by atoms with Crippen LogP contribution in [0.4, 0.5) is 0 Å². The Morgan fingerprint density at radius 3 is 2.39 bits per heavy atom. The van der Waals surface area contributed by atoms with Crippen LogP contribution in [0.1, 0.15) is 32.4 Å². The first kappa shape index (κ1) is 12.6. The van der Waals surface area contributed by atoms with E-state index in [4.69, 9.17) is 4.74 Å². The molecule has 4 nitrogen and oxygen atoms in total. The van der Waals surface area contributed by atoms with E-state index in [0.717, 1.165) is 17.0 Å². The van der Waals surface area contributed by atoms with Gasteiger partial charge in [-0.3, -0.25) is 0 Å². The first-order chi connectivity index (χ1) is 8.56. The van der Waals surface area contributed by atoms with Crippen LogP contribution in [-0.4, -0.2) is 21.0 Å². The number of hydrogen-bond donors (Lipinski definition) is 1. The number of nitrogens with zero attached hydrogens (tertiary/aromatic N) is 2. The van der Waals surface area contributed by atoms with Crippen LogP contribution < -0.4 is 4.74 Å². The summed E-state index contributed by atoms with van der Waals surface area (Å²) in [5.74, 6) is 0.754. The third kappa shape index (κ3) is 2.90. The third-order valence-corrected chi connectivity index (χ3v) is 2.57. The molecule has 0 bridgehead atoms. The quantitative estimate of drug-likeness (QED) is 0.902. The van der Waals surface area contributed by atoms with Crippen LogP contribution in [0.5, 0.6) is 5.75 Å². The zero-order valence-electron chi connectivity index (χ0n) is 10.9. The van der Waals surface area contributed by atoms with E-state index >= 15 is 0 Å². The molecule has 0 radical (unpaired) electrons. The van der Waals surface area contributed by atoms with Gasteiger partial charge in [-0.15, -0.1) is 0 Å². The molecule has 0 saturated carbocycles. The van der Waals surface area contributed by atoms with Gasteiger partial charge < -0.3 is 9.84 Å². The third-order valence-electron chi connectivity index (χ3n) is 2.57. The van der Waals surface area contributed by atoms with Crippen LogP contribution in [0.2, 0.25) is 0 Å². The van der Waals surface area contributed by atoms with Crippen LogP contribution in [-0.2, 0) is 0 Å². The summed E-state index contributed by atoms with van der Waals surface area (Å²) in [4.78, 5) is 0. The Bertz CT molecular complexity index is 501. The summed E-state index contributed by atoms with van der Waals surface area (Å²) >= 11 is 0. The van der Waals surface area contributed by atoms with Gasteiger partial charge in [-0.05, 0) is 38.5 Å². The second kappa shape index (κ2) is 5.23. The normalized spacial score (nSPS) is 12.7. The van der Waals surface area contributed by atoms with Crippen LogP contribution in [0.3, 0.4) is 0 Å². The highest BCUT2D eigenvalue weighted by Gasteiger charge is 2.05. The fraction of sp³-hybridized carbons (Fsp3) is 0.357. The van der Waals surface area contributed by atoms with Gasteiger partial charge in [-0.2, -0.15) is 5.10 Å². The molecule has 0 saturated heterocycles. The van der Waals surface area contributed by atoms with E-state index in [1.807, 2.05) is 44.3 Å². The monoisotopic (exact) mass is 246 g/mol. The van der Waals surface area contributed by atoms with Crippen molar-refractivity contribution in [1.29, 1.82) is 0 Å². The number of rotatable bonds is 4. The Morgan fingerprint density at radius 1 is 1.17 bits per heavy atom. The van der Waals surface area contributed by atoms with Crippen LogP contribution >= 0.6 is 0 Å². The average molecular weight is 246 g/mol. The van der Waals surface area contributed by atoms with E-state index in [0.29, 0.717) is 0 Å². The summed E-state index contributed by atoms with van der Waals surface area (Å²) in [6.07, 6.45) is 3.23. The minimum absolute atomic E-state index is 0.139. The van der Waals surface area contributed by atoms with Crippen LogP contribution in [0, 0.1) is 0 Å². The lowest BCUT2D eigenvalue weighted by Gasteiger charge is -2.07. The SMILES string of the molecule is CC(C)Oc1cnn(-c2ccc([C@H](C)O)cc2)c1. The van der Waals surface area contributed by atoms with Crippen LogP contribution in [0.15, 0.2) is 36.7 Å². The van der Waals surface area contributed by atoms with Crippen molar-refractivity contribution in [3.05, 3.63) is 42.2 Å². The van der Waals surface area contributed by atoms with Crippen molar-refractivity contribution in [1.82, 2.24) is 9.78 Å². The highest BCUT2D eigenvalue weighted by atomic mass is 16.5. The lowest BCUT2D eigenvalue weighted by Crippen LogP contribution is -2.04. The molecule has 4 heteroatoms. The highest BCUT2D eigenvalue weighted by molar-refractivity contribution is 5.35. The minimum Gasteiger partial charge on any atom is -0.488 e. The lowest BCUT2D eigenvalue weighted by molar-refractivity contribution is 0.199. The molecule has 0 aliphatic heterocycles. The first-order valence-corrected chi connectivity index (χ1v) is 6.06. The first-order valence-electron chi connectivity index (χ1n) is 6.06. The molecular formula is C14H18N2O2. The fourth-order valence-electron chi connectivity index (χ4n) is 1.69. The summed E-state index contributed by atoms with van der Waals surface area (Å²) in [5, 5.41) is 13.7. The standard InChI is InChI=1S/C14H18N2O2/c1-10(2)18-14-8-15-16(9-14)13-6-4-12(5-7-13)11(3)17/h4-11,17H,1-3H3/t11-/m0/s1. The van der Waals surface area contributed by atoms with Gasteiger partial charge in [0.25, 0.3) is 0 Å². The topological polar surface area (TPSA) is 47.3 Å². The molecular weight excluding hydrogens is 228 g/mol. The second-order valence-corrected chi connectivity index (χ2v) is 4.55. The smallest absolute Gasteiger partial charge is 0.158 e. The van der Waals surface area contributed by atoms with Crippen molar-refractivity contribution in [2.24, 2.45) is 0 Å². The van der Waals surface area contributed by atoms with Gasteiger partial charge in [-0.25, -0.2) is 4.68 Å². The van der Waals surface area contributed by atoms with Gasteiger partial charge in [0.15, 0.2) is 5.75 Å². The molecule has 1 N–H and O–H groups in total. The Kier molecular flexibility index (Phi) is 3.67. The molecule has 2 rings (SSSR count). The van der Waals surface area contributed by atoms with Gasteiger partial charge in [0.2, 0.25) is 0 Å². The van der Waals surface area contributed by atoms with E-state index in [1.165, 1.54) is 0 Å². The van der Waals surface area contributed by atoms with Gasteiger partial charge in [0.1, 0.15) is 0 Å². The summed E-state index contributed by atoms with van der Waals surface area (Å²) in [6, 6.07) is 7.64. The van der Waals surface area contributed by atoms with Gasteiger partial charge in [0.05, 0.1) is 30.3 Å². The van der Waals surface area contributed by atoms with Gasteiger partial charge in [-0.1, -0.05) is 12.1 Å². The predicted molar refractivity (Wildman–Crippen MR) is 70.0 cm³/mol. The largest absolute Gasteiger partial charge is 0.488 e. The van der Waals surface area contributed by atoms with Crippen molar-refractivity contribution < 1.29 is 9.84 Å². The second-order valence-electron chi connectivity index (χ2n) is 4.55. The summed E-state index contributed by atoms with van der Waals surface area (Å²) in [7, 11) is 0. The maximum atomic E-state index is 9.45. The molecule has 1 atom stereocenters. The Morgan fingerprint density at radius 2 is 1.83 bits per heavy atom. The summed E-state index contributed by atoms with van der Waals surface area (Å²) in [6.45, 7) is 5.71. The number of aromatic nitrogens is 2. The van der Waals surface area contributed by atoms with Crippen molar-refractivity contribution in [2.75, 3.05) is 0 Å². The predicted octanol–water partition coefficient (Wildman–Crippen LogP) is 2.71. The molecule has 0 spiro atoms. The van der Waals surface area contributed by atoms with E-state index in [1.54, 1.807) is 17.8 Å².